The molecule has 2 fully saturated rings. The second-order valence-corrected chi connectivity index (χ2v) is 10.8. The van der Waals surface area contributed by atoms with Crippen LogP contribution in [0.25, 0.3) is 0 Å². The highest BCUT2D eigenvalue weighted by Crippen LogP contribution is 2.44. The van der Waals surface area contributed by atoms with Gasteiger partial charge in [0.1, 0.15) is 6.33 Å². The fraction of sp³-hybridized carbons (Fsp3) is 0.593. The highest BCUT2D eigenvalue weighted by Gasteiger charge is 2.37. The Morgan fingerprint density at radius 3 is 2.41 bits per heavy atom. The van der Waals surface area contributed by atoms with Crippen molar-refractivity contribution < 1.29 is 27.1 Å². The maximum atomic E-state index is 15.5. The van der Waals surface area contributed by atoms with E-state index in [-0.39, 0.29) is 35.9 Å². The highest BCUT2D eigenvalue weighted by atomic mass is 19.4. The lowest BCUT2D eigenvalue weighted by molar-refractivity contribution is -0.137. The van der Waals surface area contributed by atoms with Gasteiger partial charge in [-0.3, -0.25) is 4.79 Å². The van der Waals surface area contributed by atoms with Crippen LogP contribution in [0.1, 0.15) is 49.3 Å². The second kappa shape index (κ2) is 12.5. The van der Waals surface area contributed by atoms with E-state index in [1.807, 2.05) is 19.0 Å². The second-order valence-electron chi connectivity index (χ2n) is 10.8. The van der Waals surface area contributed by atoms with Gasteiger partial charge in [0.05, 0.1) is 11.6 Å². The van der Waals surface area contributed by atoms with Gasteiger partial charge >= 0.3 is 6.18 Å². The van der Waals surface area contributed by atoms with Gasteiger partial charge in [-0.05, 0) is 63.4 Å². The number of likely N-dealkylation sites (N-methyl/N-ethyl adjacent to an activating group) is 1. The largest absolute Gasteiger partial charge is 0.416 e. The number of anilines is 2. The van der Waals surface area contributed by atoms with E-state index in [4.69, 9.17) is 4.74 Å². The van der Waals surface area contributed by atoms with E-state index in [1.165, 1.54) is 18.5 Å². The monoisotopic (exact) mass is 552 g/mol. The summed E-state index contributed by atoms with van der Waals surface area (Å²) in [5.74, 6) is -0.577. The molecule has 2 heterocycles. The molecule has 214 valence electrons. The zero-order valence-electron chi connectivity index (χ0n) is 22.3. The summed E-state index contributed by atoms with van der Waals surface area (Å²) in [5, 5.41) is 9.14. The Labute approximate surface area is 225 Å². The lowest BCUT2D eigenvalue weighted by atomic mass is 9.77. The first-order valence-corrected chi connectivity index (χ1v) is 13.2. The van der Waals surface area contributed by atoms with E-state index in [2.05, 4.69) is 25.9 Å². The van der Waals surface area contributed by atoms with E-state index >= 15 is 4.39 Å². The van der Waals surface area contributed by atoms with Crippen LogP contribution < -0.4 is 16.0 Å². The average Bonchev–Trinajstić information content (AvgIpc) is 3.73. The van der Waals surface area contributed by atoms with Gasteiger partial charge in [-0.15, -0.1) is 0 Å². The number of amides is 1. The van der Waals surface area contributed by atoms with Gasteiger partial charge in [-0.1, -0.05) is 12.1 Å². The van der Waals surface area contributed by atoms with Gasteiger partial charge in [0.25, 0.3) is 0 Å². The van der Waals surface area contributed by atoms with Crippen molar-refractivity contribution in [3.05, 3.63) is 47.5 Å². The predicted molar refractivity (Wildman–Crippen MR) is 140 cm³/mol. The molecule has 1 unspecified atom stereocenters. The van der Waals surface area contributed by atoms with Crippen LogP contribution in [-0.2, 0) is 15.7 Å². The van der Waals surface area contributed by atoms with Gasteiger partial charge in [-0.2, -0.15) is 17.6 Å². The number of hydrogen-bond donors (Lipinski definition) is 3. The normalized spacial score (nSPS) is 18.0. The molecule has 1 aromatic carbocycles. The van der Waals surface area contributed by atoms with Crippen molar-refractivity contribution in [3.63, 3.8) is 0 Å². The molecule has 4 rings (SSSR count). The maximum absolute atomic E-state index is 15.5. The van der Waals surface area contributed by atoms with Crippen molar-refractivity contribution in [2.45, 2.75) is 44.3 Å². The highest BCUT2D eigenvalue weighted by molar-refractivity contribution is 5.76. The van der Waals surface area contributed by atoms with E-state index in [0.717, 1.165) is 31.5 Å². The van der Waals surface area contributed by atoms with Crippen LogP contribution in [0.3, 0.4) is 0 Å². The Bertz CT molecular complexity index is 1100. The topological polar surface area (TPSA) is 91.4 Å². The third-order valence-corrected chi connectivity index (χ3v) is 7.37. The Hall–Kier alpha value is -2.99. The maximum Gasteiger partial charge on any atom is 0.416 e. The van der Waals surface area contributed by atoms with Crippen molar-refractivity contribution >= 4 is 17.5 Å². The van der Waals surface area contributed by atoms with Crippen LogP contribution in [0.5, 0.6) is 0 Å². The Balaban J connectivity index is 1.44. The number of carbonyl (C=O) groups is 1. The summed E-state index contributed by atoms with van der Waals surface area (Å²) in [6, 6.07) is 4.56. The molecule has 12 heteroatoms. The summed E-state index contributed by atoms with van der Waals surface area (Å²) in [7, 11) is 3.87. The Morgan fingerprint density at radius 1 is 1.13 bits per heavy atom. The first-order valence-electron chi connectivity index (χ1n) is 13.2. The molecule has 1 aliphatic heterocycles. The van der Waals surface area contributed by atoms with Crippen LogP contribution in [0, 0.1) is 17.2 Å². The van der Waals surface area contributed by atoms with Crippen molar-refractivity contribution in [2.24, 2.45) is 11.3 Å². The molecule has 2 aliphatic rings. The number of aromatic nitrogens is 2. The van der Waals surface area contributed by atoms with Crippen molar-refractivity contribution in [2.75, 3.05) is 57.6 Å². The number of nitrogens with one attached hydrogen (secondary N) is 3. The number of benzene rings is 1. The summed E-state index contributed by atoms with van der Waals surface area (Å²) in [4.78, 5) is 22.8. The van der Waals surface area contributed by atoms with E-state index in [9.17, 15) is 18.0 Å². The number of ether oxygens (including phenoxy) is 1. The number of alkyl halides is 3. The molecule has 2 aromatic rings. The zero-order chi connectivity index (χ0) is 28.0. The Kier molecular flexibility index (Phi) is 9.27. The fourth-order valence-electron chi connectivity index (χ4n) is 4.84. The molecule has 1 atom stereocenters. The standard InChI is InChI=1S/C27H36F4N6O2/c1-37(2)12-11-32-21(38)15-26(9-13-39-14-10-26)16-33-24-22(28)25(35-17-34-24)36-23(18-3-4-18)19-5-7-20(8-6-19)27(29,30)31/h5-8,17-18,23H,3-4,9-16H2,1-2H3,(H,32,38)(H2,33,34,35,36). The van der Waals surface area contributed by atoms with Crippen LogP contribution >= 0.6 is 0 Å². The minimum Gasteiger partial charge on any atom is -0.381 e. The lowest BCUT2D eigenvalue weighted by Gasteiger charge is -2.37. The molecular formula is C27H36F4N6O2. The minimum absolute atomic E-state index is 0.00773. The fourth-order valence-corrected chi connectivity index (χ4v) is 4.84. The van der Waals surface area contributed by atoms with Crippen LogP contribution in [-0.4, -0.2) is 67.7 Å². The summed E-state index contributed by atoms with van der Waals surface area (Å²) in [6.45, 7) is 2.64. The molecule has 1 aliphatic carbocycles. The molecule has 1 aromatic heterocycles. The van der Waals surface area contributed by atoms with E-state index in [1.54, 1.807) is 0 Å². The Morgan fingerprint density at radius 2 is 1.79 bits per heavy atom. The molecule has 1 saturated carbocycles. The molecule has 1 saturated heterocycles. The van der Waals surface area contributed by atoms with Crippen molar-refractivity contribution in [3.8, 4) is 0 Å². The molecule has 8 nitrogen and oxygen atoms in total. The summed E-state index contributed by atoms with van der Waals surface area (Å²) in [6.07, 6.45) is 0.180. The molecule has 0 bridgehead atoms. The van der Waals surface area contributed by atoms with Crippen LogP contribution in [0.4, 0.5) is 29.2 Å². The average molecular weight is 553 g/mol. The molecule has 0 radical (unpaired) electrons. The molecular weight excluding hydrogens is 516 g/mol. The molecule has 0 spiro atoms. The zero-order valence-corrected chi connectivity index (χ0v) is 22.3. The first-order chi connectivity index (χ1) is 18.6. The van der Waals surface area contributed by atoms with Crippen LogP contribution in [0.15, 0.2) is 30.6 Å². The summed E-state index contributed by atoms with van der Waals surface area (Å²) in [5.41, 5.74) is -0.504. The molecule has 3 N–H and O–H groups in total. The summed E-state index contributed by atoms with van der Waals surface area (Å²) >= 11 is 0. The van der Waals surface area contributed by atoms with Gasteiger partial charge in [0.15, 0.2) is 11.6 Å². The first kappa shape index (κ1) is 29.0. The van der Waals surface area contributed by atoms with Crippen molar-refractivity contribution in [1.29, 1.82) is 0 Å². The van der Waals surface area contributed by atoms with E-state index < -0.39 is 23.0 Å². The number of halogens is 4. The number of hydrogen-bond acceptors (Lipinski definition) is 7. The van der Waals surface area contributed by atoms with E-state index in [0.29, 0.717) is 44.7 Å². The third kappa shape index (κ3) is 8.01. The lowest BCUT2D eigenvalue weighted by Crippen LogP contribution is -2.42. The number of rotatable bonds is 12. The van der Waals surface area contributed by atoms with Gasteiger partial charge in [-0.25, -0.2) is 9.97 Å². The van der Waals surface area contributed by atoms with Gasteiger partial charge in [0.2, 0.25) is 11.7 Å². The molecule has 39 heavy (non-hydrogen) atoms. The SMILES string of the molecule is CN(C)CCNC(=O)CC1(CNc2ncnc(NC(c3ccc(C(F)(F)F)cc3)C3CC3)c2F)CCOCC1. The minimum atomic E-state index is -4.42. The van der Waals surface area contributed by atoms with Gasteiger partial charge < -0.3 is 25.6 Å². The quantitative estimate of drug-likeness (QED) is 0.335. The smallest absolute Gasteiger partial charge is 0.381 e. The molecule has 1 amide bonds. The van der Waals surface area contributed by atoms with Gasteiger partial charge in [0, 0.05) is 44.7 Å². The summed E-state index contributed by atoms with van der Waals surface area (Å²) < 4.78 is 60.1. The predicted octanol–water partition coefficient (Wildman–Crippen LogP) is 4.47. The number of carbonyl (C=O) groups excluding carboxylic acids is 1. The van der Waals surface area contributed by atoms with Crippen LogP contribution in [0.2, 0.25) is 0 Å². The third-order valence-electron chi connectivity index (χ3n) is 7.37. The number of nitrogens with zero attached hydrogens (tertiary/aromatic N) is 3. The van der Waals surface area contributed by atoms with Crippen molar-refractivity contribution in [1.82, 2.24) is 20.2 Å².